The van der Waals surface area contributed by atoms with Crippen molar-refractivity contribution in [2.24, 2.45) is 5.73 Å². The fourth-order valence-corrected chi connectivity index (χ4v) is 3.00. The molecule has 0 bridgehead atoms. The summed E-state index contributed by atoms with van der Waals surface area (Å²) in [5.41, 5.74) is 6.45. The molecule has 132 valence electrons. The molecule has 4 N–H and O–H groups in total. The van der Waals surface area contributed by atoms with Crippen molar-refractivity contribution in [1.82, 2.24) is 5.32 Å². The molecule has 0 radical (unpaired) electrons. The summed E-state index contributed by atoms with van der Waals surface area (Å²) < 4.78 is 12.8. The van der Waals surface area contributed by atoms with E-state index in [-0.39, 0.29) is 18.3 Å². The second-order valence-corrected chi connectivity index (χ2v) is 6.51. The van der Waals surface area contributed by atoms with Crippen LogP contribution >= 0.6 is 11.8 Å². The minimum absolute atomic E-state index is 0.0742. The molecule has 0 atom stereocenters. The minimum Gasteiger partial charge on any atom is -0.369 e. The van der Waals surface area contributed by atoms with Crippen LogP contribution in [0.4, 0.5) is 14.9 Å². The predicted octanol–water partition coefficient (Wildman–Crippen LogP) is 3.16. The molecule has 0 fully saturated rings. The highest BCUT2D eigenvalue weighted by molar-refractivity contribution is 7.99. The lowest BCUT2D eigenvalue weighted by Gasteiger charge is -2.11. The Labute approximate surface area is 150 Å². The number of carbonyl (C=O) groups excluding carboxylic acids is 2. The van der Waals surface area contributed by atoms with Gasteiger partial charge >= 0.3 is 6.03 Å². The minimum atomic E-state index is -0.451. The van der Waals surface area contributed by atoms with E-state index in [4.69, 9.17) is 5.73 Å². The van der Waals surface area contributed by atoms with Gasteiger partial charge in [-0.2, -0.15) is 0 Å². The van der Waals surface area contributed by atoms with Crippen molar-refractivity contribution in [1.29, 1.82) is 0 Å². The van der Waals surface area contributed by atoms with Gasteiger partial charge in [-0.1, -0.05) is 18.2 Å². The molecule has 7 heteroatoms. The van der Waals surface area contributed by atoms with Gasteiger partial charge in [-0.3, -0.25) is 4.79 Å². The van der Waals surface area contributed by atoms with Gasteiger partial charge in [0.05, 0.1) is 6.42 Å². The van der Waals surface area contributed by atoms with Gasteiger partial charge in [0.1, 0.15) is 5.82 Å². The summed E-state index contributed by atoms with van der Waals surface area (Å²) in [6.07, 6.45) is 0.850. The third-order valence-corrected chi connectivity index (χ3v) is 4.42. The maximum atomic E-state index is 12.8. The maximum Gasteiger partial charge on any atom is 0.319 e. The van der Waals surface area contributed by atoms with E-state index < -0.39 is 5.91 Å². The summed E-state index contributed by atoms with van der Waals surface area (Å²) in [4.78, 5) is 24.0. The van der Waals surface area contributed by atoms with Gasteiger partial charge in [0.25, 0.3) is 0 Å². The third-order valence-electron chi connectivity index (χ3n) is 3.32. The number of thioether (sulfide) groups is 1. The van der Waals surface area contributed by atoms with Crippen LogP contribution in [-0.4, -0.2) is 24.2 Å². The van der Waals surface area contributed by atoms with Crippen molar-refractivity contribution in [3.05, 3.63) is 59.9 Å². The van der Waals surface area contributed by atoms with Crippen LogP contribution in [0.1, 0.15) is 12.0 Å². The molecule has 0 heterocycles. The van der Waals surface area contributed by atoms with Crippen molar-refractivity contribution in [2.45, 2.75) is 17.7 Å². The number of primary amides is 1. The zero-order valence-electron chi connectivity index (χ0n) is 13.6. The fourth-order valence-electron chi connectivity index (χ4n) is 2.15. The van der Waals surface area contributed by atoms with E-state index in [1.807, 2.05) is 0 Å². The summed E-state index contributed by atoms with van der Waals surface area (Å²) in [7, 11) is 0. The molecule has 0 aromatic heterocycles. The van der Waals surface area contributed by atoms with Gasteiger partial charge in [0.2, 0.25) is 5.91 Å². The van der Waals surface area contributed by atoms with Gasteiger partial charge in [-0.05, 0) is 48.1 Å². The second kappa shape index (κ2) is 9.68. The average Bonchev–Trinajstić information content (AvgIpc) is 2.57. The van der Waals surface area contributed by atoms with Gasteiger partial charge in [0.15, 0.2) is 0 Å². The lowest BCUT2D eigenvalue weighted by atomic mass is 10.1. The van der Waals surface area contributed by atoms with E-state index in [0.29, 0.717) is 17.8 Å². The van der Waals surface area contributed by atoms with Crippen LogP contribution < -0.4 is 16.4 Å². The smallest absolute Gasteiger partial charge is 0.319 e. The Bertz CT molecular complexity index is 723. The molecule has 0 aliphatic heterocycles. The summed E-state index contributed by atoms with van der Waals surface area (Å²) in [6.45, 7) is 0.512. The first-order valence-corrected chi connectivity index (χ1v) is 8.82. The van der Waals surface area contributed by atoms with Crippen LogP contribution in [0.2, 0.25) is 0 Å². The van der Waals surface area contributed by atoms with Gasteiger partial charge in [0, 0.05) is 17.1 Å². The number of urea groups is 1. The van der Waals surface area contributed by atoms with Gasteiger partial charge in [-0.15, -0.1) is 11.8 Å². The van der Waals surface area contributed by atoms with Crippen LogP contribution in [0.3, 0.4) is 0 Å². The van der Waals surface area contributed by atoms with Crippen molar-refractivity contribution in [3.63, 3.8) is 0 Å². The first kappa shape index (κ1) is 18.8. The summed E-state index contributed by atoms with van der Waals surface area (Å²) in [6, 6.07) is 13.0. The number of hydrogen-bond acceptors (Lipinski definition) is 3. The molecule has 25 heavy (non-hydrogen) atoms. The number of halogens is 1. The zero-order chi connectivity index (χ0) is 18.1. The van der Waals surface area contributed by atoms with Crippen LogP contribution in [0, 0.1) is 5.82 Å². The zero-order valence-corrected chi connectivity index (χ0v) is 14.4. The highest BCUT2D eigenvalue weighted by atomic mass is 32.2. The number of anilines is 1. The number of hydrogen-bond donors (Lipinski definition) is 3. The van der Waals surface area contributed by atoms with Crippen LogP contribution in [0.25, 0.3) is 0 Å². The SMILES string of the molecule is NC(=O)Cc1ccccc1NC(=O)NCCCSc1ccc(F)cc1. The van der Waals surface area contributed by atoms with E-state index in [0.717, 1.165) is 17.1 Å². The van der Waals surface area contributed by atoms with Crippen LogP contribution in [0.5, 0.6) is 0 Å². The molecule has 0 saturated heterocycles. The lowest BCUT2D eigenvalue weighted by Crippen LogP contribution is -2.30. The number of amides is 3. The van der Waals surface area contributed by atoms with E-state index in [1.54, 1.807) is 48.2 Å². The molecule has 2 rings (SSSR count). The molecule has 2 aromatic rings. The quantitative estimate of drug-likeness (QED) is 0.499. The number of nitrogens with two attached hydrogens (primary N) is 1. The second-order valence-electron chi connectivity index (χ2n) is 5.34. The fraction of sp³-hybridized carbons (Fsp3) is 0.222. The first-order valence-electron chi connectivity index (χ1n) is 7.84. The van der Waals surface area contributed by atoms with Crippen LogP contribution in [-0.2, 0) is 11.2 Å². The Balaban J connectivity index is 1.70. The van der Waals surface area contributed by atoms with Crippen LogP contribution in [0.15, 0.2) is 53.4 Å². The van der Waals surface area contributed by atoms with Crippen molar-refractivity contribution >= 4 is 29.4 Å². The van der Waals surface area contributed by atoms with Gasteiger partial charge < -0.3 is 16.4 Å². The monoisotopic (exact) mass is 361 g/mol. The lowest BCUT2D eigenvalue weighted by molar-refractivity contribution is -0.117. The Morgan fingerprint density at radius 3 is 2.52 bits per heavy atom. The van der Waals surface area contributed by atoms with Crippen molar-refractivity contribution in [3.8, 4) is 0 Å². The van der Waals surface area contributed by atoms with E-state index in [2.05, 4.69) is 10.6 Å². The predicted molar refractivity (Wildman–Crippen MR) is 98.1 cm³/mol. The Morgan fingerprint density at radius 2 is 1.80 bits per heavy atom. The number of para-hydroxylation sites is 1. The Morgan fingerprint density at radius 1 is 1.08 bits per heavy atom. The number of benzene rings is 2. The van der Waals surface area contributed by atoms with E-state index in [1.165, 1.54) is 12.1 Å². The molecule has 0 unspecified atom stereocenters. The highest BCUT2D eigenvalue weighted by Crippen LogP contribution is 2.18. The van der Waals surface area contributed by atoms with E-state index >= 15 is 0 Å². The highest BCUT2D eigenvalue weighted by Gasteiger charge is 2.08. The Kier molecular flexibility index (Phi) is 7.28. The average molecular weight is 361 g/mol. The molecule has 5 nitrogen and oxygen atoms in total. The van der Waals surface area contributed by atoms with Crippen molar-refractivity contribution in [2.75, 3.05) is 17.6 Å². The van der Waals surface area contributed by atoms with Crippen molar-refractivity contribution < 1.29 is 14.0 Å². The summed E-state index contributed by atoms with van der Waals surface area (Å²) in [5.74, 6) is 0.108. The molecule has 0 spiro atoms. The normalized spacial score (nSPS) is 10.3. The standard InChI is InChI=1S/C18H20FN3O2S/c19-14-6-8-15(9-7-14)25-11-3-10-21-18(24)22-16-5-2-1-4-13(16)12-17(20)23/h1-2,4-9H,3,10-12H2,(H2,20,23)(H2,21,22,24). The molecular weight excluding hydrogens is 341 g/mol. The molecule has 3 amide bonds. The maximum absolute atomic E-state index is 12.8. The Hall–Kier alpha value is -2.54. The first-order chi connectivity index (χ1) is 12.0. The molecule has 0 aliphatic rings. The van der Waals surface area contributed by atoms with Gasteiger partial charge in [-0.25, -0.2) is 9.18 Å². The molecule has 0 saturated carbocycles. The number of rotatable bonds is 8. The summed E-state index contributed by atoms with van der Waals surface area (Å²) >= 11 is 1.60. The molecular formula is C18H20FN3O2S. The largest absolute Gasteiger partial charge is 0.369 e. The topological polar surface area (TPSA) is 84.2 Å². The van der Waals surface area contributed by atoms with E-state index in [9.17, 15) is 14.0 Å². The number of nitrogens with one attached hydrogen (secondary N) is 2. The summed E-state index contributed by atoms with van der Waals surface area (Å²) in [5, 5.41) is 5.49. The molecule has 2 aromatic carbocycles. The number of carbonyl (C=O) groups is 2. The molecule has 0 aliphatic carbocycles. The third kappa shape index (κ3) is 6.84.